The van der Waals surface area contributed by atoms with Gasteiger partial charge in [-0.15, -0.1) is 0 Å². The zero-order valence-electron chi connectivity index (χ0n) is 11.0. The number of aryl methyl sites for hydroxylation is 2. The van der Waals surface area contributed by atoms with E-state index >= 15 is 0 Å². The van der Waals surface area contributed by atoms with Crippen molar-refractivity contribution in [3.05, 3.63) is 41.6 Å². The molecule has 3 heteroatoms. The molecule has 18 heavy (non-hydrogen) atoms. The van der Waals surface area contributed by atoms with Crippen molar-refractivity contribution in [3.8, 4) is 11.4 Å². The van der Waals surface area contributed by atoms with Gasteiger partial charge in [-0.05, 0) is 18.4 Å². The third-order valence-corrected chi connectivity index (χ3v) is 2.93. The summed E-state index contributed by atoms with van der Waals surface area (Å²) < 4.78 is 0. The van der Waals surface area contributed by atoms with Crippen molar-refractivity contribution in [3.63, 3.8) is 0 Å². The number of aromatic nitrogens is 2. The van der Waals surface area contributed by atoms with E-state index in [2.05, 4.69) is 48.1 Å². The molecule has 1 aromatic heterocycles. The maximum Gasteiger partial charge on any atom is 0.161 e. The normalized spacial score (nSPS) is 10.6. The fourth-order valence-corrected chi connectivity index (χ4v) is 1.92. The van der Waals surface area contributed by atoms with Gasteiger partial charge in [-0.2, -0.15) is 0 Å². The number of benzene rings is 1. The van der Waals surface area contributed by atoms with Crippen LogP contribution in [0.2, 0.25) is 0 Å². The molecule has 2 aromatic rings. The number of hydrogen-bond donors (Lipinski definition) is 1. The average Bonchev–Trinajstić information content (AvgIpc) is 2.38. The van der Waals surface area contributed by atoms with Gasteiger partial charge in [0.1, 0.15) is 5.82 Å². The predicted molar refractivity (Wildman–Crippen MR) is 75.3 cm³/mol. The summed E-state index contributed by atoms with van der Waals surface area (Å²) in [4.78, 5) is 8.87. The molecule has 0 radical (unpaired) electrons. The van der Waals surface area contributed by atoms with Crippen molar-refractivity contribution < 1.29 is 0 Å². The van der Waals surface area contributed by atoms with Crippen LogP contribution in [0, 0.1) is 0 Å². The summed E-state index contributed by atoms with van der Waals surface area (Å²) in [6.45, 7) is 4.28. The van der Waals surface area contributed by atoms with Gasteiger partial charge in [0.05, 0.1) is 0 Å². The molecule has 0 aliphatic rings. The Morgan fingerprint density at radius 2 is 1.78 bits per heavy atom. The van der Waals surface area contributed by atoms with Gasteiger partial charge in [-0.25, -0.2) is 9.97 Å². The van der Waals surface area contributed by atoms with Crippen molar-refractivity contribution in [2.24, 2.45) is 0 Å². The molecule has 0 atom stereocenters. The lowest BCUT2D eigenvalue weighted by Gasteiger charge is -2.06. The van der Waals surface area contributed by atoms with Crippen molar-refractivity contribution in [2.75, 3.05) is 5.73 Å². The number of anilines is 1. The van der Waals surface area contributed by atoms with E-state index in [-0.39, 0.29) is 0 Å². The second-order valence-electron chi connectivity index (χ2n) is 4.41. The van der Waals surface area contributed by atoms with Gasteiger partial charge in [0.2, 0.25) is 0 Å². The zero-order valence-corrected chi connectivity index (χ0v) is 11.0. The van der Waals surface area contributed by atoms with E-state index in [1.54, 1.807) is 0 Å². The molecule has 0 spiro atoms. The predicted octanol–water partition coefficient (Wildman–Crippen LogP) is 3.24. The quantitative estimate of drug-likeness (QED) is 0.894. The highest BCUT2D eigenvalue weighted by molar-refractivity contribution is 5.57. The molecular formula is C15H19N3. The maximum atomic E-state index is 5.83. The van der Waals surface area contributed by atoms with E-state index in [9.17, 15) is 0 Å². The minimum atomic E-state index is 0.544. The number of hydrogen-bond acceptors (Lipinski definition) is 3. The number of nitrogens with two attached hydrogens (primary N) is 1. The van der Waals surface area contributed by atoms with Crippen molar-refractivity contribution in [1.29, 1.82) is 0 Å². The lowest BCUT2D eigenvalue weighted by molar-refractivity contribution is 0.877. The third-order valence-electron chi connectivity index (χ3n) is 2.93. The van der Waals surface area contributed by atoms with Gasteiger partial charge in [0, 0.05) is 17.3 Å². The Morgan fingerprint density at radius 1 is 1.06 bits per heavy atom. The van der Waals surface area contributed by atoms with Crippen LogP contribution in [0.4, 0.5) is 5.82 Å². The maximum absolute atomic E-state index is 5.83. The van der Waals surface area contributed by atoms with Gasteiger partial charge in [-0.3, -0.25) is 0 Å². The third kappa shape index (κ3) is 2.86. The van der Waals surface area contributed by atoms with E-state index < -0.39 is 0 Å². The molecule has 0 aliphatic carbocycles. The van der Waals surface area contributed by atoms with Gasteiger partial charge < -0.3 is 5.73 Å². The van der Waals surface area contributed by atoms with Crippen LogP contribution in [0.5, 0.6) is 0 Å². The van der Waals surface area contributed by atoms with Gasteiger partial charge in [0.15, 0.2) is 5.82 Å². The van der Waals surface area contributed by atoms with Crippen LogP contribution in [0.25, 0.3) is 11.4 Å². The Hall–Kier alpha value is -1.90. The van der Waals surface area contributed by atoms with Crippen molar-refractivity contribution in [1.82, 2.24) is 9.97 Å². The Balaban J connectivity index is 2.36. The summed E-state index contributed by atoms with van der Waals surface area (Å²) in [7, 11) is 0. The highest BCUT2D eigenvalue weighted by Gasteiger charge is 2.05. The lowest BCUT2D eigenvalue weighted by Crippen LogP contribution is -2.00. The Kier molecular flexibility index (Phi) is 3.92. The van der Waals surface area contributed by atoms with Gasteiger partial charge in [0.25, 0.3) is 0 Å². The first kappa shape index (κ1) is 12.6. The number of rotatable bonds is 4. The summed E-state index contributed by atoms with van der Waals surface area (Å²) in [5.41, 5.74) is 9.19. The van der Waals surface area contributed by atoms with Crippen LogP contribution in [0.1, 0.15) is 31.5 Å². The topological polar surface area (TPSA) is 51.8 Å². The lowest BCUT2D eigenvalue weighted by atomic mass is 10.1. The minimum absolute atomic E-state index is 0.544. The highest BCUT2D eigenvalue weighted by Crippen LogP contribution is 2.18. The van der Waals surface area contributed by atoms with Crippen molar-refractivity contribution >= 4 is 5.82 Å². The second-order valence-corrected chi connectivity index (χ2v) is 4.41. The van der Waals surface area contributed by atoms with E-state index in [0.29, 0.717) is 5.82 Å². The first-order valence-corrected chi connectivity index (χ1v) is 6.45. The molecule has 0 saturated heterocycles. The summed E-state index contributed by atoms with van der Waals surface area (Å²) in [5, 5.41) is 0. The molecule has 1 aromatic carbocycles. The van der Waals surface area contributed by atoms with Crippen LogP contribution in [0.3, 0.4) is 0 Å². The Morgan fingerprint density at radius 3 is 2.39 bits per heavy atom. The van der Waals surface area contributed by atoms with Crippen LogP contribution in [-0.4, -0.2) is 9.97 Å². The molecule has 1 heterocycles. The second kappa shape index (κ2) is 5.63. The molecule has 2 N–H and O–H groups in total. The van der Waals surface area contributed by atoms with Crippen LogP contribution in [0.15, 0.2) is 30.3 Å². The Bertz CT molecular complexity index is 518. The summed E-state index contributed by atoms with van der Waals surface area (Å²) in [6, 6.07) is 10.2. The van der Waals surface area contributed by atoms with E-state index in [4.69, 9.17) is 5.73 Å². The molecule has 0 fully saturated rings. The summed E-state index contributed by atoms with van der Waals surface area (Å²) >= 11 is 0. The molecule has 3 nitrogen and oxygen atoms in total. The minimum Gasteiger partial charge on any atom is -0.384 e. The fourth-order valence-electron chi connectivity index (χ4n) is 1.92. The summed E-state index contributed by atoms with van der Waals surface area (Å²) in [6.07, 6.45) is 3.04. The monoisotopic (exact) mass is 241 g/mol. The molecule has 0 saturated carbocycles. The first-order chi connectivity index (χ1) is 8.72. The average molecular weight is 241 g/mol. The molecule has 0 bridgehead atoms. The molecule has 0 amide bonds. The van der Waals surface area contributed by atoms with Gasteiger partial charge >= 0.3 is 0 Å². The first-order valence-electron chi connectivity index (χ1n) is 6.45. The highest BCUT2D eigenvalue weighted by atomic mass is 14.9. The molecule has 0 unspecified atom stereocenters. The standard InChI is InChI=1S/C15H19N3/c1-3-5-13-10-14(16)18-15(17-13)12-8-6-11(4-2)7-9-12/h6-10H,3-5H2,1-2H3,(H2,16,17,18). The van der Waals surface area contributed by atoms with Crippen LogP contribution >= 0.6 is 0 Å². The fraction of sp³-hybridized carbons (Fsp3) is 0.333. The van der Waals surface area contributed by atoms with E-state index in [0.717, 1.165) is 36.3 Å². The van der Waals surface area contributed by atoms with Crippen LogP contribution < -0.4 is 5.73 Å². The van der Waals surface area contributed by atoms with E-state index in [1.165, 1.54) is 5.56 Å². The molecule has 0 aliphatic heterocycles. The SMILES string of the molecule is CCCc1cc(N)nc(-c2ccc(CC)cc2)n1. The molecule has 94 valence electrons. The zero-order chi connectivity index (χ0) is 13.0. The largest absolute Gasteiger partial charge is 0.384 e. The molecule has 2 rings (SSSR count). The number of nitrogens with zero attached hydrogens (tertiary/aromatic N) is 2. The number of nitrogen functional groups attached to an aromatic ring is 1. The smallest absolute Gasteiger partial charge is 0.161 e. The summed E-state index contributed by atoms with van der Waals surface area (Å²) in [5.74, 6) is 1.27. The van der Waals surface area contributed by atoms with Crippen molar-refractivity contribution in [2.45, 2.75) is 33.1 Å². The van der Waals surface area contributed by atoms with E-state index in [1.807, 2.05) is 6.07 Å². The molecular weight excluding hydrogens is 222 g/mol. The Labute approximate surface area is 108 Å². The van der Waals surface area contributed by atoms with Crippen LogP contribution in [-0.2, 0) is 12.8 Å². The van der Waals surface area contributed by atoms with Gasteiger partial charge in [-0.1, -0.05) is 44.5 Å².